The Morgan fingerprint density at radius 1 is 1.11 bits per heavy atom. The second-order valence-corrected chi connectivity index (χ2v) is 4.77. The molecule has 3 N–H and O–H groups in total. The predicted molar refractivity (Wildman–Crippen MR) is 79.4 cm³/mol. The number of hydrogen-bond donors (Lipinski definition) is 2. The van der Waals surface area contributed by atoms with Gasteiger partial charge in [0, 0.05) is 6.42 Å². The first-order valence-corrected chi connectivity index (χ1v) is 6.32. The molecule has 3 nitrogen and oxygen atoms in total. The summed E-state index contributed by atoms with van der Waals surface area (Å²) in [4.78, 5) is 0.480. The number of phenols is 1. The molecular weight excluding hydrogens is 258 g/mol. The standard InChI is InChI=1S/C15H15NO2S/c16-15(19)9-11-4-6-14(7-5-11)18-10-12-2-1-3-13(17)8-12/h1-8,17H,9-10H2,(H2,16,19). The molecule has 0 fully saturated rings. The van der Waals surface area contributed by atoms with Gasteiger partial charge in [0.1, 0.15) is 18.1 Å². The van der Waals surface area contributed by atoms with Crippen molar-refractivity contribution in [1.29, 1.82) is 0 Å². The first kappa shape index (κ1) is 13.4. The third-order valence-electron chi connectivity index (χ3n) is 2.62. The summed E-state index contributed by atoms with van der Waals surface area (Å²) in [6, 6.07) is 14.7. The normalized spacial score (nSPS) is 10.1. The van der Waals surface area contributed by atoms with Gasteiger partial charge >= 0.3 is 0 Å². The molecule has 2 aromatic rings. The number of ether oxygens (including phenoxy) is 1. The minimum absolute atomic E-state index is 0.243. The maximum Gasteiger partial charge on any atom is 0.119 e. The molecule has 0 aliphatic rings. The van der Waals surface area contributed by atoms with Crippen LogP contribution in [0.5, 0.6) is 11.5 Å². The van der Waals surface area contributed by atoms with Gasteiger partial charge < -0.3 is 15.6 Å². The second kappa shape index (κ2) is 6.20. The fourth-order valence-electron chi connectivity index (χ4n) is 1.72. The number of rotatable bonds is 5. The molecular formula is C15H15NO2S. The van der Waals surface area contributed by atoms with Crippen molar-refractivity contribution in [3.8, 4) is 11.5 Å². The molecule has 2 rings (SSSR count). The van der Waals surface area contributed by atoms with E-state index in [4.69, 9.17) is 22.7 Å². The summed E-state index contributed by atoms with van der Waals surface area (Å²) in [5.74, 6) is 1.02. The molecule has 0 aliphatic heterocycles. The Balaban J connectivity index is 1.94. The quantitative estimate of drug-likeness (QED) is 0.823. The number of thiocarbonyl (C=S) groups is 1. The van der Waals surface area contributed by atoms with Crippen LogP contribution >= 0.6 is 12.2 Å². The number of benzene rings is 2. The van der Waals surface area contributed by atoms with Gasteiger partial charge in [-0.3, -0.25) is 0 Å². The van der Waals surface area contributed by atoms with Crippen molar-refractivity contribution in [3.63, 3.8) is 0 Å². The Bertz CT molecular complexity index is 567. The molecule has 0 bridgehead atoms. The average Bonchev–Trinajstić information content (AvgIpc) is 2.37. The Labute approximate surface area is 117 Å². The Kier molecular flexibility index (Phi) is 4.36. The van der Waals surface area contributed by atoms with Gasteiger partial charge in [0.25, 0.3) is 0 Å². The Hall–Kier alpha value is -2.07. The van der Waals surface area contributed by atoms with Crippen molar-refractivity contribution in [1.82, 2.24) is 0 Å². The van der Waals surface area contributed by atoms with E-state index in [1.807, 2.05) is 30.3 Å². The monoisotopic (exact) mass is 273 g/mol. The zero-order valence-electron chi connectivity index (χ0n) is 10.4. The van der Waals surface area contributed by atoms with Crippen LogP contribution in [0.2, 0.25) is 0 Å². The van der Waals surface area contributed by atoms with E-state index in [9.17, 15) is 5.11 Å². The first-order valence-electron chi connectivity index (χ1n) is 5.91. The summed E-state index contributed by atoms with van der Waals surface area (Å²) in [7, 11) is 0. The van der Waals surface area contributed by atoms with E-state index >= 15 is 0 Å². The molecule has 0 atom stereocenters. The maximum atomic E-state index is 9.35. The van der Waals surface area contributed by atoms with Crippen molar-refractivity contribution in [2.45, 2.75) is 13.0 Å². The highest BCUT2D eigenvalue weighted by Gasteiger charge is 1.99. The minimum Gasteiger partial charge on any atom is -0.508 e. The highest BCUT2D eigenvalue weighted by molar-refractivity contribution is 7.80. The molecule has 0 saturated heterocycles. The SMILES string of the molecule is NC(=S)Cc1ccc(OCc2cccc(O)c2)cc1. The summed E-state index contributed by atoms with van der Waals surface area (Å²) in [5.41, 5.74) is 7.48. The van der Waals surface area contributed by atoms with Gasteiger partial charge in [-0.15, -0.1) is 0 Å². The lowest BCUT2D eigenvalue weighted by Crippen LogP contribution is -2.10. The second-order valence-electron chi connectivity index (χ2n) is 4.25. The van der Waals surface area contributed by atoms with Gasteiger partial charge in [-0.1, -0.05) is 36.5 Å². The van der Waals surface area contributed by atoms with Crippen LogP contribution in [0.1, 0.15) is 11.1 Å². The minimum atomic E-state index is 0.243. The van der Waals surface area contributed by atoms with Gasteiger partial charge in [-0.2, -0.15) is 0 Å². The predicted octanol–water partition coefficient (Wildman–Crippen LogP) is 2.80. The number of aromatic hydroxyl groups is 1. The van der Waals surface area contributed by atoms with Gasteiger partial charge in [0.2, 0.25) is 0 Å². The van der Waals surface area contributed by atoms with E-state index in [1.165, 1.54) is 0 Å². The fourth-order valence-corrected chi connectivity index (χ4v) is 1.88. The van der Waals surface area contributed by atoms with E-state index in [0.29, 0.717) is 18.0 Å². The zero-order chi connectivity index (χ0) is 13.7. The third-order valence-corrected chi connectivity index (χ3v) is 2.76. The third kappa shape index (κ3) is 4.26. The zero-order valence-corrected chi connectivity index (χ0v) is 11.2. The Morgan fingerprint density at radius 2 is 1.84 bits per heavy atom. The molecule has 0 aliphatic carbocycles. The smallest absolute Gasteiger partial charge is 0.119 e. The average molecular weight is 273 g/mol. The lowest BCUT2D eigenvalue weighted by molar-refractivity contribution is 0.305. The Morgan fingerprint density at radius 3 is 2.47 bits per heavy atom. The van der Waals surface area contributed by atoms with Crippen molar-refractivity contribution >= 4 is 17.2 Å². The van der Waals surface area contributed by atoms with Crippen LogP contribution in [0.15, 0.2) is 48.5 Å². The molecule has 0 spiro atoms. The van der Waals surface area contributed by atoms with Crippen LogP contribution in [0.25, 0.3) is 0 Å². The van der Waals surface area contributed by atoms with Crippen LogP contribution in [0, 0.1) is 0 Å². The molecule has 0 unspecified atom stereocenters. The lowest BCUT2D eigenvalue weighted by atomic mass is 10.1. The van der Waals surface area contributed by atoms with E-state index in [1.54, 1.807) is 18.2 Å². The van der Waals surface area contributed by atoms with Gasteiger partial charge in [-0.25, -0.2) is 0 Å². The summed E-state index contributed by atoms with van der Waals surface area (Å²) in [6.45, 7) is 0.420. The van der Waals surface area contributed by atoms with Crippen LogP contribution < -0.4 is 10.5 Å². The number of hydrogen-bond acceptors (Lipinski definition) is 3. The summed E-state index contributed by atoms with van der Waals surface area (Å²) in [5, 5.41) is 9.35. The molecule has 0 heterocycles. The van der Waals surface area contributed by atoms with E-state index in [2.05, 4.69) is 0 Å². The van der Waals surface area contributed by atoms with Gasteiger partial charge in [0.15, 0.2) is 0 Å². The highest BCUT2D eigenvalue weighted by atomic mass is 32.1. The summed E-state index contributed by atoms with van der Waals surface area (Å²) < 4.78 is 5.63. The number of phenolic OH excluding ortho intramolecular Hbond substituents is 1. The molecule has 0 saturated carbocycles. The van der Waals surface area contributed by atoms with Crippen LogP contribution in [-0.2, 0) is 13.0 Å². The van der Waals surface area contributed by atoms with Crippen molar-refractivity contribution in [2.75, 3.05) is 0 Å². The molecule has 0 radical (unpaired) electrons. The molecule has 98 valence electrons. The maximum absolute atomic E-state index is 9.35. The number of nitrogens with two attached hydrogens (primary N) is 1. The summed E-state index contributed by atoms with van der Waals surface area (Å²) >= 11 is 4.86. The van der Waals surface area contributed by atoms with E-state index in [-0.39, 0.29) is 5.75 Å². The molecule has 0 aromatic heterocycles. The van der Waals surface area contributed by atoms with Gasteiger partial charge in [0.05, 0.1) is 4.99 Å². The summed E-state index contributed by atoms with van der Waals surface area (Å²) in [6.07, 6.45) is 0.599. The molecule has 4 heteroatoms. The molecule has 0 amide bonds. The topological polar surface area (TPSA) is 55.5 Å². The highest BCUT2D eigenvalue weighted by Crippen LogP contribution is 2.16. The van der Waals surface area contributed by atoms with Crippen molar-refractivity contribution < 1.29 is 9.84 Å². The molecule has 19 heavy (non-hydrogen) atoms. The lowest BCUT2D eigenvalue weighted by Gasteiger charge is -2.07. The van der Waals surface area contributed by atoms with E-state index < -0.39 is 0 Å². The van der Waals surface area contributed by atoms with E-state index in [0.717, 1.165) is 16.9 Å². The van der Waals surface area contributed by atoms with Crippen LogP contribution in [0.4, 0.5) is 0 Å². The van der Waals surface area contributed by atoms with Crippen molar-refractivity contribution in [3.05, 3.63) is 59.7 Å². The largest absolute Gasteiger partial charge is 0.508 e. The van der Waals surface area contributed by atoms with Gasteiger partial charge in [-0.05, 0) is 35.4 Å². The van der Waals surface area contributed by atoms with Crippen LogP contribution in [0.3, 0.4) is 0 Å². The first-order chi connectivity index (χ1) is 9.13. The van der Waals surface area contributed by atoms with Crippen molar-refractivity contribution in [2.24, 2.45) is 5.73 Å². The van der Waals surface area contributed by atoms with Crippen LogP contribution in [-0.4, -0.2) is 10.1 Å². The fraction of sp³-hybridized carbons (Fsp3) is 0.133. The molecule has 2 aromatic carbocycles.